The zero-order chi connectivity index (χ0) is 19.2. The summed E-state index contributed by atoms with van der Waals surface area (Å²) >= 11 is 6.24. The molecule has 2 aromatic carbocycles. The maximum absolute atomic E-state index is 11.8. The maximum Gasteiger partial charge on any atom is 0.310 e. The minimum Gasteiger partial charge on any atom is -0.488 e. The number of para-hydroxylation sites is 1. The van der Waals surface area contributed by atoms with Crippen molar-refractivity contribution in [2.24, 2.45) is 0 Å². The average Bonchev–Trinajstić information content (AvgIpc) is 3.04. The van der Waals surface area contributed by atoms with Crippen molar-refractivity contribution in [3.05, 3.63) is 58.8 Å². The smallest absolute Gasteiger partial charge is 0.310 e. The number of ether oxygens (including phenoxy) is 2. The van der Waals surface area contributed by atoms with Gasteiger partial charge in [-0.05, 0) is 32.0 Å². The number of anilines is 1. The van der Waals surface area contributed by atoms with Crippen molar-refractivity contribution in [2.45, 2.75) is 26.9 Å². The lowest BCUT2D eigenvalue weighted by molar-refractivity contribution is -0.142. The van der Waals surface area contributed by atoms with Crippen LogP contribution in [-0.4, -0.2) is 19.1 Å². The van der Waals surface area contributed by atoms with E-state index in [9.17, 15) is 4.79 Å². The Hall–Kier alpha value is -2.66. The van der Waals surface area contributed by atoms with Gasteiger partial charge < -0.3 is 19.2 Å². The molecule has 0 amide bonds. The number of nitrogens with one attached hydrogen (secondary N) is 1. The fourth-order valence-electron chi connectivity index (χ4n) is 2.90. The van der Waals surface area contributed by atoms with Crippen LogP contribution in [0.5, 0.6) is 5.75 Å². The molecule has 1 heterocycles. The molecule has 142 valence electrons. The van der Waals surface area contributed by atoms with Crippen LogP contribution >= 0.6 is 11.6 Å². The van der Waals surface area contributed by atoms with E-state index >= 15 is 0 Å². The second-order valence-corrected chi connectivity index (χ2v) is 6.44. The third-order valence-electron chi connectivity index (χ3n) is 4.08. The number of carbonyl (C=O) groups is 1. The van der Waals surface area contributed by atoms with E-state index in [0.717, 1.165) is 34.3 Å². The number of benzene rings is 2. The highest BCUT2D eigenvalue weighted by molar-refractivity contribution is 6.31. The van der Waals surface area contributed by atoms with Crippen LogP contribution in [0.4, 0.5) is 5.69 Å². The lowest BCUT2D eigenvalue weighted by Crippen LogP contribution is -2.09. The molecule has 0 fully saturated rings. The van der Waals surface area contributed by atoms with Crippen LogP contribution in [0.1, 0.15) is 25.0 Å². The van der Waals surface area contributed by atoms with Crippen LogP contribution in [0.25, 0.3) is 11.0 Å². The van der Waals surface area contributed by atoms with E-state index in [-0.39, 0.29) is 12.4 Å². The second kappa shape index (κ2) is 8.82. The predicted molar refractivity (Wildman–Crippen MR) is 106 cm³/mol. The quantitative estimate of drug-likeness (QED) is 0.538. The molecule has 0 aliphatic heterocycles. The first-order chi connectivity index (χ1) is 13.1. The van der Waals surface area contributed by atoms with Crippen molar-refractivity contribution < 1.29 is 18.7 Å². The highest BCUT2D eigenvalue weighted by Crippen LogP contribution is 2.32. The summed E-state index contributed by atoms with van der Waals surface area (Å²) in [4.78, 5) is 11.8. The molecule has 0 unspecified atom stereocenters. The SMILES string of the molecule is CCNc1cc(Cl)cc2c(COc3ccccc3CC(=O)OCC)coc12. The van der Waals surface area contributed by atoms with Crippen LogP contribution < -0.4 is 10.1 Å². The Labute approximate surface area is 163 Å². The van der Waals surface area contributed by atoms with Crippen LogP contribution in [0.2, 0.25) is 5.02 Å². The van der Waals surface area contributed by atoms with Gasteiger partial charge in [0.1, 0.15) is 12.4 Å². The first-order valence-corrected chi connectivity index (χ1v) is 9.30. The van der Waals surface area contributed by atoms with Crippen molar-refractivity contribution >= 4 is 34.2 Å². The fourth-order valence-corrected chi connectivity index (χ4v) is 3.12. The molecule has 0 aliphatic carbocycles. The number of hydrogen-bond acceptors (Lipinski definition) is 5. The highest BCUT2D eigenvalue weighted by atomic mass is 35.5. The summed E-state index contributed by atoms with van der Waals surface area (Å²) in [6, 6.07) is 11.2. The molecule has 1 aromatic heterocycles. The third kappa shape index (κ3) is 4.55. The van der Waals surface area contributed by atoms with Crippen LogP contribution in [0.15, 0.2) is 47.1 Å². The van der Waals surface area contributed by atoms with Gasteiger partial charge >= 0.3 is 5.97 Å². The minimum atomic E-state index is -0.274. The fraction of sp³-hybridized carbons (Fsp3) is 0.286. The molecule has 6 heteroatoms. The summed E-state index contributed by atoms with van der Waals surface area (Å²) in [6.07, 6.45) is 1.85. The van der Waals surface area contributed by atoms with Gasteiger partial charge in [0, 0.05) is 28.1 Å². The summed E-state index contributed by atoms with van der Waals surface area (Å²) in [5.74, 6) is 0.373. The lowest BCUT2D eigenvalue weighted by Gasteiger charge is -2.11. The Morgan fingerprint density at radius 2 is 2.00 bits per heavy atom. The number of esters is 1. The molecular formula is C21H22ClNO4. The van der Waals surface area contributed by atoms with Gasteiger partial charge in [-0.15, -0.1) is 0 Å². The molecule has 1 N–H and O–H groups in total. The predicted octanol–water partition coefficient (Wildman–Crippen LogP) is 5.20. The largest absolute Gasteiger partial charge is 0.488 e. The Balaban J connectivity index is 1.81. The van der Waals surface area contributed by atoms with Gasteiger partial charge in [-0.2, -0.15) is 0 Å². The third-order valence-corrected chi connectivity index (χ3v) is 4.30. The van der Waals surface area contributed by atoms with Crippen molar-refractivity contribution in [3.8, 4) is 5.75 Å². The van der Waals surface area contributed by atoms with E-state index < -0.39 is 0 Å². The summed E-state index contributed by atoms with van der Waals surface area (Å²) < 4.78 is 16.7. The zero-order valence-corrected chi connectivity index (χ0v) is 16.1. The number of halogens is 1. The second-order valence-electron chi connectivity index (χ2n) is 6.00. The normalized spacial score (nSPS) is 10.8. The van der Waals surface area contributed by atoms with E-state index in [2.05, 4.69) is 5.32 Å². The molecule has 27 heavy (non-hydrogen) atoms. The number of fused-ring (bicyclic) bond motifs is 1. The molecule has 3 rings (SSSR count). The summed E-state index contributed by atoms with van der Waals surface area (Å²) in [5.41, 5.74) is 3.28. The van der Waals surface area contributed by atoms with Crippen molar-refractivity contribution in [1.29, 1.82) is 0 Å². The minimum absolute atomic E-state index is 0.173. The highest BCUT2D eigenvalue weighted by Gasteiger charge is 2.14. The van der Waals surface area contributed by atoms with Gasteiger partial charge in [0.2, 0.25) is 0 Å². The molecule has 3 aromatic rings. The van der Waals surface area contributed by atoms with Gasteiger partial charge in [0.15, 0.2) is 5.58 Å². The van der Waals surface area contributed by atoms with Gasteiger partial charge in [-0.25, -0.2) is 0 Å². The van der Waals surface area contributed by atoms with E-state index in [1.54, 1.807) is 13.2 Å². The van der Waals surface area contributed by atoms with Crippen molar-refractivity contribution in [1.82, 2.24) is 0 Å². The Morgan fingerprint density at radius 3 is 2.78 bits per heavy atom. The van der Waals surface area contributed by atoms with Gasteiger partial charge in [-0.1, -0.05) is 29.8 Å². The van der Waals surface area contributed by atoms with Gasteiger partial charge in [0.05, 0.1) is 25.0 Å². The summed E-state index contributed by atoms with van der Waals surface area (Å²) in [5, 5.41) is 4.78. The Kier molecular flexibility index (Phi) is 6.24. The van der Waals surface area contributed by atoms with Crippen LogP contribution in [0, 0.1) is 0 Å². The molecule has 0 spiro atoms. The molecule has 0 radical (unpaired) electrons. The first-order valence-electron chi connectivity index (χ1n) is 8.92. The monoisotopic (exact) mass is 387 g/mol. The van der Waals surface area contributed by atoms with Crippen LogP contribution in [-0.2, 0) is 22.6 Å². The summed E-state index contributed by atoms with van der Waals surface area (Å²) in [6.45, 7) is 5.23. The first kappa shape index (κ1) is 19.1. The zero-order valence-electron chi connectivity index (χ0n) is 15.4. The standard InChI is InChI=1S/C21H22ClNO4/c1-3-23-18-11-16(22)10-17-15(13-27-21(17)18)12-26-19-8-6-5-7-14(19)9-20(24)25-4-2/h5-8,10-11,13,23H,3-4,9,12H2,1-2H3. The topological polar surface area (TPSA) is 60.7 Å². The van der Waals surface area contributed by atoms with E-state index in [1.165, 1.54) is 0 Å². The lowest BCUT2D eigenvalue weighted by atomic mass is 10.1. The van der Waals surface area contributed by atoms with Crippen molar-refractivity contribution in [3.63, 3.8) is 0 Å². The van der Waals surface area contributed by atoms with E-state index in [1.807, 2.05) is 43.3 Å². The average molecular weight is 388 g/mol. The molecule has 0 saturated heterocycles. The molecular weight excluding hydrogens is 366 g/mol. The molecule has 0 atom stereocenters. The van der Waals surface area contributed by atoms with Gasteiger partial charge in [0.25, 0.3) is 0 Å². The Bertz CT molecular complexity index is 935. The molecule has 5 nitrogen and oxygen atoms in total. The summed E-state index contributed by atoms with van der Waals surface area (Å²) in [7, 11) is 0. The molecule has 0 aliphatic rings. The van der Waals surface area contributed by atoms with Crippen LogP contribution in [0.3, 0.4) is 0 Å². The molecule has 0 saturated carbocycles. The van der Waals surface area contributed by atoms with E-state index in [4.69, 9.17) is 25.5 Å². The maximum atomic E-state index is 11.8. The van der Waals surface area contributed by atoms with Gasteiger partial charge in [-0.3, -0.25) is 4.79 Å². The number of rotatable bonds is 8. The number of carbonyl (C=O) groups excluding carboxylic acids is 1. The number of hydrogen-bond donors (Lipinski definition) is 1. The Morgan fingerprint density at radius 1 is 1.19 bits per heavy atom. The number of furan rings is 1. The molecule has 0 bridgehead atoms. The van der Waals surface area contributed by atoms with E-state index in [0.29, 0.717) is 24.0 Å². The van der Waals surface area contributed by atoms with Crippen molar-refractivity contribution in [2.75, 3.05) is 18.5 Å².